The van der Waals surface area contributed by atoms with Crippen LogP contribution in [0.5, 0.6) is 0 Å². The van der Waals surface area contributed by atoms with Gasteiger partial charge in [-0.15, -0.1) is 0 Å². The van der Waals surface area contributed by atoms with Crippen molar-refractivity contribution in [3.05, 3.63) is 23.6 Å². The summed E-state index contributed by atoms with van der Waals surface area (Å²) in [6.45, 7) is 6.69. The van der Waals surface area contributed by atoms with E-state index in [1.807, 2.05) is 0 Å². The number of halogens is 1. The number of pyridine rings is 1. The summed E-state index contributed by atoms with van der Waals surface area (Å²) in [7, 11) is 0. The molecule has 0 amide bonds. The second-order valence-electron chi connectivity index (χ2n) is 5.18. The monoisotopic (exact) mass is 265 g/mol. The number of nitrogens with one attached hydrogen (secondary N) is 1. The standard InChI is InChI=1S/C15H24FN3/c1-3-8-17-11-12-7-9-18-15(14(12)16)19-10-5-6-13(19)4-2/h7,9,13,17H,3-6,8,10-11H2,1-2H3. The van der Waals surface area contributed by atoms with Crippen molar-refractivity contribution in [3.8, 4) is 0 Å². The minimum absolute atomic E-state index is 0.147. The van der Waals surface area contributed by atoms with Crippen LogP contribution in [-0.2, 0) is 6.54 Å². The molecule has 0 radical (unpaired) electrons. The molecule has 1 saturated heterocycles. The number of aromatic nitrogens is 1. The van der Waals surface area contributed by atoms with Crippen molar-refractivity contribution in [2.45, 2.75) is 52.1 Å². The zero-order valence-corrected chi connectivity index (χ0v) is 12.0. The molecular weight excluding hydrogens is 241 g/mol. The van der Waals surface area contributed by atoms with Gasteiger partial charge in [-0.05, 0) is 38.3 Å². The van der Waals surface area contributed by atoms with Crippen LogP contribution in [-0.4, -0.2) is 24.1 Å². The molecule has 0 saturated carbocycles. The smallest absolute Gasteiger partial charge is 0.170 e. The van der Waals surface area contributed by atoms with Crippen LogP contribution in [0.15, 0.2) is 12.3 Å². The largest absolute Gasteiger partial charge is 0.351 e. The van der Waals surface area contributed by atoms with Gasteiger partial charge in [-0.3, -0.25) is 0 Å². The maximum atomic E-state index is 14.5. The molecule has 1 N–H and O–H groups in total. The van der Waals surface area contributed by atoms with Gasteiger partial charge in [-0.2, -0.15) is 0 Å². The van der Waals surface area contributed by atoms with Crippen LogP contribution in [0.25, 0.3) is 0 Å². The van der Waals surface area contributed by atoms with Crippen LogP contribution in [0.1, 0.15) is 45.1 Å². The van der Waals surface area contributed by atoms with Gasteiger partial charge in [0.2, 0.25) is 0 Å². The number of rotatable bonds is 6. The van der Waals surface area contributed by atoms with Gasteiger partial charge in [-0.1, -0.05) is 13.8 Å². The molecule has 4 heteroatoms. The SMILES string of the molecule is CCCNCc1ccnc(N2CCCC2CC)c1F. The highest BCUT2D eigenvalue weighted by atomic mass is 19.1. The van der Waals surface area contributed by atoms with E-state index >= 15 is 0 Å². The first-order valence-corrected chi connectivity index (χ1v) is 7.38. The van der Waals surface area contributed by atoms with E-state index in [1.54, 1.807) is 12.3 Å². The zero-order valence-electron chi connectivity index (χ0n) is 12.0. The second kappa shape index (κ2) is 6.85. The summed E-state index contributed by atoms with van der Waals surface area (Å²) < 4.78 is 14.5. The number of hydrogen-bond donors (Lipinski definition) is 1. The van der Waals surface area contributed by atoms with E-state index in [0.717, 1.165) is 44.3 Å². The van der Waals surface area contributed by atoms with Crippen molar-refractivity contribution >= 4 is 5.82 Å². The van der Waals surface area contributed by atoms with E-state index in [0.29, 0.717) is 18.4 Å². The highest BCUT2D eigenvalue weighted by Gasteiger charge is 2.27. The lowest BCUT2D eigenvalue weighted by Gasteiger charge is -2.25. The van der Waals surface area contributed by atoms with E-state index < -0.39 is 0 Å². The van der Waals surface area contributed by atoms with Gasteiger partial charge in [-0.25, -0.2) is 9.37 Å². The average Bonchev–Trinajstić information content (AvgIpc) is 2.89. The maximum absolute atomic E-state index is 14.5. The minimum atomic E-state index is -0.147. The topological polar surface area (TPSA) is 28.2 Å². The Morgan fingerprint density at radius 3 is 3.05 bits per heavy atom. The van der Waals surface area contributed by atoms with E-state index in [1.165, 1.54) is 0 Å². The molecule has 0 aliphatic carbocycles. The first-order valence-electron chi connectivity index (χ1n) is 7.38. The molecule has 1 aromatic heterocycles. The van der Waals surface area contributed by atoms with Gasteiger partial charge >= 0.3 is 0 Å². The number of hydrogen-bond acceptors (Lipinski definition) is 3. The molecule has 0 spiro atoms. The van der Waals surface area contributed by atoms with Gasteiger partial charge in [0, 0.05) is 30.9 Å². The molecule has 1 aliphatic rings. The summed E-state index contributed by atoms with van der Waals surface area (Å²) in [5.41, 5.74) is 0.722. The van der Waals surface area contributed by atoms with Crippen LogP contribution < -0.4 is 10.2 Å². The van der Waals surface area contributed by atoms with Crippen LogP contribution in [0.2, 0.25) is 0 Å². The Morgan fingerprint density at radius 2 is 2.32 bits per heavy atom. The summed E-state index contributed by atoms with van der Waals surface area (Å²) in [5.74, 6) is 0.395. The molecule has 1 unspecified atom stereocenters. The van der Waals surface area contributed by atoms with Crippen molar-refractivity contribution < 1.29 is 4.39 Å². The van der Waals surface area contributed by atoms with Crippen LogP contribution in [0.3, 0.4) is 0 Å². The van der Waals surface area contributed by atoms with Crippen LogP contribution >= 0.6 is 0 Å². The molecule has 106 valence electrons. The summed E-state index contributed by atoms with van der Waals surface area (Å²) in [4.78, 5) is 6.41. The minimum Gasteiger partial charge on any atom is -0.351 e. The lowest BCUT2D eigenvalue weighted by atomic mass is 10.1. The first kappa shape index (κ1) is 14.3. The van der Waals surface area contributed by atoms with Crippen molar-refractivity contribution in [1.29, 1.82) is 0 Å². The van der Waals surface area contributed by atoms with Crippen LogP contribution in [0, 0.1) is 5.82 Å². The van der Waals surface area contributed by atoms with Crippen LogP contribution in [0.4, 0.5) is 10.2 Å². The fraction of sp³-hybridized carbons (Fsp3) is 0.667. The van der Waals surface area contributed by atoms with Crippen molar-refractivity contribution in [2.24, 2.45) is 0 Å². The second-order valence-corrected chi connectivity index (χ2v) is 5.18. The molecular formula is C15H24FN3. The Bertz CT molecular complexity index is 408. The molecule has 0 bridgehead atoms. The summed E-state index contributed by atoms with van der Waals surface area (Å²) in [6, 6.07) is 2.22. The van der Waals surface area contributed by atoms with E-state index in [4.69, 9.17) is 0 Å². The predicted molar refractivity (Wildman–Crippen MR) is 76.9 cm³/mol. The fourth-order valence-corrected chi connectivity index (χ4v) is 2.75. The lowest BCUT2D eigenvalue weighted by molar-refractivity contribution is 0.563. The quantitative estimate of drug-likeness (QED) is 0.801. The Labute approximate surface area is 115 Å². The Balaban J connectivity index is 2.14. The van der Waals surface area contributed by atoms with Crippen molar-refractivity contribution in [2.75, 3.05) is 18.0 Å². The Morgan fingerprint density at radius 1 is 1.47 bits per heavy atom. The van der Waals surface area contributed by atoms with Gasteiger partial charge in [0.1, 0.15) is 0 Å². The average molecular weight is 265 g/mol. The maximum Gasteiger partial charge on any atom is 0.170 e. The van der Waals surface area contributed by atoms with Crippen molar-refractivity contribution in [1.82, 2.24) is 10.3 Å². The summed E-state index contributed by atoms with van der Waals surface area (Å²) in [6.07, 6.45) is 6.13. The molecule has 3 nitrogen and oxygen atoms in total. The lowest BCUT2D eigenvalue weighted by Crippen LogP contribution is -2.30. The van der Waals surface area contributed by atoms with E-state index in [2.05, 4.69) is 29.0 Å². The van der Waals surface area contributed by atoms with E-state index in [-0.39, 0.29) is 5.82 Å². The third-order valence-corrected chi connectivity index (χ3v) is 3.81. The van der Waals surface area contributed by atoms with Gasteiger partial charge < -0.3 is 10.2 Å². The van der Waals surface area contributed by atoms with E-state index in [9.17, 15) is 4.39 Å². The zero-order chi connectivity index (χ0) is 13.7. The highest BCUT2D eigenvalue weighted by Crippen LogP contribution is 2.28. The van der Waals surface area contributed by atoms with Gasteiger partial charge in [0.15, 0.2) is 11.6 Å². The fourth-order valence-electron chi connectivity index (χ4n) is 2.75. The molecule has 2 rings (SSSR count). The molecule has 1 fully saturated rings. The first-order chi connectivity index (χ1) is 9.27. The van der Waals surface area contributed by atoms with Gasteiger partial charge in [0.25, 0.3) is 0 Å². The van der Waals surface area contributed by atoms with Crippen molar-refractivity contribution in [3.63, 3.8) is 0 Å². The Hall–Kier alpha value is -1.16. The third kappa shape index (κ3) is 3.24. The number of nitrogens with zero attached hydrogens (tertiary/aromatic N) is 2. The van der Waals surface area contributed by atoms with Gasteiger partial charge in [0.05, 0.1) is 0 Å². The predicted octanol–water partition coefficient (Wildman–Crippen LogP) is 3.10. The summed E-state index contributed by atoms with van der Waals surface area (Å²) in [5, 5.41) is 3.25. The molecule has 0 aromatic carbocycles. The normalized spacial score (nSPS) is 19.1. The molecule has 19 heavy (non-hydrogen) atoms. The third-order valence-electron chi connectivity index (χ3n) is 3.81. The molecule has 2 heterocycles. The number of anilines is 1. The molecule has 1 atom stereocenters. The molecule has 1 aliphatic heterocycles. The highest BCUT2D eigenvalue weighted by molar-refractivity contribution is 5.45. The summed E-state index contributed by atoms with van der Waals surface area (Å²) >= 11 is 0. The molecule has 1 aromatic rings. The Kier molecular flexibility index (Phi) is 5.14.